The molecule has 3 nitrogen and oxygen atoms in total. The molecule has 0 atom stereocenters. The minimum absolute atomic E-state index is 0.441. The lowest BCUT2D eigenvalue weighted by Gasteiger charge is -2.02. The van der Waals surface area contributed by atoms with Gasteiger partial charge in [-0.15, -0.1) is 10.2 Å². The normalized spacial score (nSPS) is 10.5. The van der Waals surface area contributed by atoms with Crippen LogP contribution in [-0.2, 0) is 6.42 Å². The summed E-state index contributed by atoms with van der Waals surface area (Å²) >= 11 is 0. The van der Waals surface area contributed by atoms with Crippen molar-refractivity contribution in [2.75, 3.05) is 0 Å². The van der Waals surface area contributed by atoms with Crippen LogP contribution in [0.2, 0.25) is 0 Å². The number of rotatable bonds is 2. The molecule has 60 valence electrons. The molecule has 0 N–H and O–H groups in total. The number of aromatic nitrogens is 3. The first-order valence-electron chi connectivity index (χ1n) is 3.93. The number of hydrogen-bond donors (Lipinski definition) is 0. The highest BCUT2D eigenvalue weighted by Gasteiger charge is 2.01. The summed E-state index contributed by atoms with van der Waals surface area (Å²) in [6, 6.07) is 2.01. The maximum Gasteiger partial charge on any atom is 0.0692 e. The van der Waals surface area contributed by atoms with Crippen LogP contribution in [0, 0.1) is 0 Å². The van der Waals surface area contributed by atoms with Gasteiger partial charge in [0, 0.05) is 0 Å². The van der Waals surface area contributed by atoms with Gasteiger partial charge in [0.1, 0.15) is 0 Å². The van der Waals surface area contributed by atoms with Crippen LogP contribution in [0.3, 0.4) is 0 Å². The van der Waals surface area contributed by atoms with Crippen molar-refractivity contribution in [2.24, 2.45) is 0 Å². The maximum atomic E-state index is 3.93. The van der Waals surface area contributed by atoms with Gasteiger partial charge < -0.3 is 0 Å². The summed E-state index contributed by atoms with van der Waals surface area (Å²) in [5.74, 6) is 0.441. The van der Waals surface area contributed by atoms with Gasteiger partial charge in [-0.3, -0.25) is 0 Å². The first kappa shape index (κ1) is 8.11. The highest BCUT2D eigenvalue weighted by molar-refractivity contribution is 5.08. The Bertz CT molecular complexity index is 233. The van der Waals surface area contributed by atoms with Gasteiger partial charge in [0.05, 0.1) is 11.4 Å². The molecule has 0 unspecified atom stereocenters. The van der Waals surface area contributed by atoms with E-state index in [1.165, 1.54) is 0 Å². The van der Waals surface area contributed by atoms with E-state index in [-0.39, 0.29) is 0 Å². The second kappa shape index (κ2) is 3.42. The predicted octanol–water partition coefficient (Wildman–Crippen LogP) is 1.56. The average molecular weight is 151 g/mol. The third-order valence-electron chi connectivity index (χ3n) is 1.60. The minimum Gasteiger partial charge on any atom is -0.135 e. The summed E-state index contributed by atoms with van der Waals surface area (Å²) in [6.45, 7) is 6.26. The molecule has 0 saturated heterocycles. The van der Waals surface area contributed by atoms with E-state index in [1.54, 1.807) is 0 Å². The Morgan fingerprint density at radius 2 is 2.09 bits per heavy atom. The Hall–Kier alpha value is -0.990. The molecule has 1 aromatic heterocycles. The number of hydrogen-bond acceptors (Lipinski definition) is 3. The van der Waals surface area contributed by atoms with Gasteiger partial charge in [0.25, 0.3) is 0 Å². The van der Waals surface area contributed by atoms with Crippen molar-refractivity contribution < 1.29 is 0 Å². The summed E-state index contributed by atoms with van der Waals surface area (Å²) in [7, 11) is 0. The van der Waals surface area contributed by atoms with Crippen LogP contribution in [0.1, 0.15) is 38.1 Å². The van der Waals surface area contributed by atoms with Crippen LogP contribution in [-0.4, -0.2) is 15.4 Å². The van der Waals surface area contributed by atoms with Crippen LogP contribution in [0.15, 0.2) is 6.07 Å². The molecule has 11 heavy (non-hydrogen) atoms. The maximum absolute atomic E-state index is 3.93. The van der Waals surface area contributed by atoms with Gasteiger partial charge >= 0.3 is 0 Å². The molecule has 1 heterocycles. The Morgan fingerprint density at radius 1 is 1.36 bits per heavy atom. The van der Waals surface area contributed by atoms with E-state index in [4.69, 9.17) is 0 Å². The fourth-order valence-corrected chi connectivity index (χ4v) is 0.815. The standard InChI is InChI=1S/C8H13N3/c1-4-7-5-8(6(2)3)10-11-9-7/h5-6H,4H2,1-3H3. The first-order valence-corrected chi connectivity index (χ1v) is 3.93. The lowest BCUT2D eigenvalue weighted by molar-refractivity contribution is 0.720. The topological polar surface area (TPSA) is 38.7 Å². The first-order chi connectivity index (χ1) is 5.24. The van der Waals surface area contributed by atoms with Gasteiger partial charge in [-0.1, -0.05) is 20.8 Å². The zero-order chi connectivity index (χ0) is 8.27. The molecule has 0 aliphatic heterocycles. The van der Waals surface area contributed by atoms with Gasteiger partial charge in [-0.05, 0) is 23.6 Å². The van der Waals surface area contributed by atoms with Crippen LogP contribution in [0.5, 0.6) is 0 Å². The molecular weight excluding hydrogens is 138 g/mol. The van der Waals surface area contributed by atoms with Crippen molar-refractivity contribution in [1.82, 2.24) is 15.4 Å². The molecule has 0 amide bonds. The zero-order valence-electron chi connectivity index (χ0n) is 7.20. The second-order valence-corrected chi connectivity index (χ2v) is 2.86. The Labute approximate surface area is 66.9 Å². The van der Waals surface area contributed by atoms with E-state index in [0.29, 0.717) is 5.92 Å². The zero-order valence-corrected chi connectivity index (χ0v) is 7.20. The Kier molecular flexibility index (Phi) is 2.52. The average Bonchev–Trinajstić information content (AvgIpc) is 2.05. The molecule has 1 aromatic rings. The van der Waals surface area contributed by atoms with Gasteiger partial charge in [-0.2, -0.15) is 0 Å². The highest BCUT2D eigenvalue weighted by Crippen LogP contribution is 2.09. The fourth-order valence-electron chi connectivity index (χ4n) is 0.815. The lowest BCUT2D eigenvalue weighted by atomic mass is 10.1. The molecule has 0 aliphatic rings. The van der Waals surface area contributed by atoms with Crippen molar-refractivity contribution in [1.29, 1.82) is 0 Å². The van der Waals surface area contributed by atoms with E-state index >= 15 is 0 Å². The summed E-state index contributed by atoms with van der Waals surface area (Å²) < 4.78 is 0. The highest BCUT2D eigenvalue weighted by atomic mass is 15.3. The smallest absolute Gasteiger partial charge is 0.0692 e. The van der Waals surface area contributed by atoms with E-state index in [1.807, 2.05) is 6.07 Å². The quantitative estimate of drug-likeness (QED) is 0.643. The van der Waals surface area contributed by atoms with Crippen molar-refractivity contribution in [3.63, 3.8) is 0 Å². The predicted molar refractivity (Wildman–Crippen MR) is 43.3 cm³/mol. The molecule has 3 heteroatoms. The summed E-state index contributed by atoms with van der Waals surface area (Å²) in [6.07, 6.45) is 0.926. The molecular formula is C8H13N3. The number of nitrogens with zero attached hydrogens (tertiary/aromatic N) is 3. The van der Waals surface area contributed by atoms with Gasteiger partial charge in [-0.25, -0.2) is 0 Å². The summed E-state index contributed by atoms with van der Waals surface area (Å²) in [4.78, 5) is 0. The van der Waals surface area contributed by atoms with Gasteiger partial charge in [0.2, 0.25) is 0 Å². The molecule has 0 fully saturated rings. The summed E-state index contributed by atoms with van der Waals surface area (Å²) in [5.41, 5.74) is 2.04. The summed E-state index contributed by atoms with van der Waals surface area (Å²) in [5, 5.41) is 11.5. The van der Waals surface area contributed by atoms with E-state index in [9.17, 15) is 0 Å². The largest absolute Gasteiger partial charge is 0.135 e. The van der Waals surface area contributed by atoms with Crippen LogP contribution in [0.25, 0.3) is 0 Å². The van der Waals surface area contributed by atoms with Crippen molar-refractivity contribution in [3.8, 4) is 0 Å². The Balaban J connectivity index is 2.91. The fraction of sp³-hybridized carbons (Fsp3) is 0.625. The molecule has 0 aromatic carbocycles. The van der Waals surface area contributed by atoms with Crippen molar-refractivity contribution in [2.45, 2.75) is 33.1 Å². The SMILES string of the molecule is CCc1cc(C(C)C)nnn1. The second-order valence-electron chi connectivity index (χ2n) is 2.86. The molecule has 0 bridgehead atoms. The van der Waals surface area contributed by atoms with Crippen LogP contribution >= 0.6 is 0 Å². The minimum atomic E-state index is 0.441. The Morgan fingerprint density at radius 3 is 2.64 bits per heavy atom. The molecule has 0 radical (unpaired) electrons. The van der Waals surface area contributed by atoms with E-state index < -0.39 is 0 Å². The number of aryl methyl sites for hydroxylation is 1. The van der Waals surface area contributed by atoms with Crippen LogP contribution < -0.4 is 0 Å². The molecule has 1 rings (SSSR count). The third-order valence-corrected chi connectivity index (χ3v) is 1.60. The van der Waals surface area contributed by atoms with Crippen molar-refractivity contribution >= 4 is 0 Å². The van der Waals surface area contributed by atoms with E-state index in [2.05, 4.69) is 36.2 Å². The monoisotopic (exact) mass is 151 g/mol. The van der Waals surface area contributed by atoms with Gasteiger partial charge in [0.15, 0.2) is 0 Å². The molecule has 0 aliphatic carbocycles. The third kappa shape index (κ3) is 1.97. The molecule has 0 spiro atoms. The van der Waals surface area contributed by atoms with E-state index in [0.717, 1.165) is 17.8 Å². The van der Waals surface area contributed by atoms with Crippen LogP contribution in [0.4, 0.5) is 0 Å². The lowest BCUT2D eigenvalue weighted by Crippen LogP contribution is -2.00. The molecule has 0 saturated carbocycles. The van der Waals surface area contributed by atoms with Crippen molar-refractivity contribution in [3.05, 3.63) is 17.5 Å².